The molecule has 2 heterocycles. The van der Waals surface area contributed by atoms with E-state index in [0.29, 0.717) is 12.2 Å². The zero-order chi connectivity index (χ0) is 18.1. The number of fused-ring (bicyclic) bond motifs is 1. The quantitative estimate of drug-likeness (QED) is 0.716. The van der Waals surface area contributed by atoms with Gasteiger partial charge in [0.25, 0.3) is 5.91 Å². The number of hydrazone groups is 1. The fourth-order valence-electron chi connectivity index (χ4n) is 3.10. The lowest BCUT2D eigenvalue weighted by molar-refractivity contribution is -0.130. The zero-order valence-corrected chi connectivity index (χ0v) is 14.9. The maximum absolute atomic E-state index is 12.3. The van der Waals surface area contributed by atoms with E-state index in [1.165, 1.54) is 5.01 Å². The summed E-state index contributed by atoms with van der Waals surface area (Å²) in [5.74, 6) is 1.10. The van der Waals surface area contributed by atoms with Crippen LogP contribution in [0.4, 0.5) is 0 Å². The maximum Gasteiger partial charge on any atom is 0.258 e. The van der Waals surface area contributed by atoms with Gasteiger partial charge in [-0.15, -0.1) is 11.6 Å². The molecule has 1 aliphatic rings. The van der Waals surface area contributed by atoms with Gasteiger partial charge in [0.05, 0.1) is 23.9 Å². The molecule has 1 N–H and O–H groups in total. The van der Waals surface area contributed by atoms with Crippen LogP contribution in [0.2, 0.25) is 0 Å². The molecule has 0 bridgehead atoms. The van der Waals surface area contributed by atoms with Crippen molar-refractivity contribution in [1.29, 1.82) is 0 Å². The number of alkyl halides is 1. The van der Waals surface area contributed by atoms with E-state index in [1.54, 1.807) is 7.11 Å². The molecule has 4 rings (SSSR count). The lowest BCUT2D eigenvalue weighted by atomic mass is 10.0. The number of nitrogens with one attached hydrogen (secondary N) is 1. The Morgan fingerprint density at radius 3 is 2.73 bits per heavy atom. The smallest absolute Gasteiger partial charge is 0.258 e. The fourth-order valence-corrected chi connectivity index (χ4v) is 3.23. The number of benzene rings is 2. The van der Waals surface area contributed by atoms with E-state index in [2.05, 4.69) is 15.1 Å². The molecule has 1 atom stereocenters. The summed E-state index contributed by atoms with van der Waals surface area (Å²) in [4.78, 5) is 20.2. The first-order chi connectivity index (χ1) is 12.7. The number of carbonyl (C=O) groups excluding carboxylic acids is 1. The van der Waals surface area contributed by atoms with E-state index in [9.17, 15) is 4.79 Å². The molecule has 0 saturated heterocycles. The molecule has 7 heteroatoms. The third-order valence-corrected chi connectivity index (χ3v) is 4.66. The van der Waals surface area contributed by atoms with Crippen LogP contribution in [0.15, 0.2) is 53.6 Å². The van der Waals surface area contributed by atoms with Crippen molar-refractivity contribution in [2.75, 3.05) is 13.0 Å². The molecule has 26 heavy (non-hydrogen) atoms. The van der Waals surface area contributed by atoms with Gasteiger partial charge in [-0.1, -0.05) is 12.1 Å². The number of hydrogen-bond acceptors (Lipinski definition) is 4. The number of nitrogens with zero attached hydrogens (tertiary/aromatic N) is 3. The Morgan fingerprint density at radius 2 is 2.04 bits per heavy atom. The van der Waals surface area contributed by atoms with Crippen molar-refractivity contribution in [3.8, 4) is 5.75 Å². The van der Waals surface area contributed by atoms with E-state index in [1.807, 2.05) is 48.5 Å². The average Bonchev–Trinajstić information content (AvgIpc) is 3.31. The van der Waals surface area contributed by atoms with E-state index in [0.717, 1.165) is 28.1 Å². The summed E-state index contributed by atoms with van der Waals surface area (Å²) in [5.41, 5.74) is 3.55. The summed E-state index contributed by atoms with van der Waals surface area (Å²) in [6.07, 6.45) is 0.564. The minimum atomic E-state index is -0.300. The van der Waals surface area contributed by atoms with Crippen molar-refractivity contribution in [1.82, 2.24) is 15.0 Å². The Hall–Kier alpha value is -2.86. The van der Waals surface area contributed by atoms with Crippen LogP contribution in [0.3, 0.4) is 0 Å². The van der Waals surface area contributed by atoms with Crippen LogP contribution in [-0.2, 0) is 4.79 Å². The molecular weight excluding hydrogens is 352 g/mol. The molecule has 132 valence electrons. The molecule has 0 fully saturated rings. The second-order valence-corrected chi connectivity index (χ2v) is 6.27. The highest BCUT2D eigenvalue weighted by Crippen LogP contribution is 2.32. The average molecular weight is 369 g/mol. The Balaban J connectivity index is 1.69. The molecule has 3 aromatic rings. The topological polar surface area (TPSA) is 70.6 Å². The minimum Gasteiger partial charge on any atom is -0.497 e. The Bertz CT molecular complexity index is 948. The fraction of sp³-hybridized carbons (Fsp3) is 0.211. The summed E-state index contributed by atoms with van der Waals surface area (Å²) in [6, 6.07) is 15.1. The van der Waals surface area contributed by atoms with Crippen LogP contribution in [0.25, 0.3) is 11.0 Å². The molecule has 0 saturated carbocycles. The summed E-state index contributed by atoms with van der Waals surface area (Å²) >= 11 is 5.79. The highest BCUT2D eigenvalue weighted by molar-refractivity contribution is 6.27. The van der Waals surface area contributed by atoms with Gasteiger partial charge in [-0.05, 0) is 42.0 Å². The number of H-pyrrole nitrogens is 1. The summed E-state index contributed by atoms with van der Waals surface area (Å²) < 4.78 is 5.20. The lowest BCUT2D eigenvalue weighted by Crippen LogP contribution is -2.28. The SMILES string of the molecule is COc1ccc(C2=NN(C(=O)CCl)[C@H](c3nc4ccccc4[nH]3)C2)cc1. The number of aromatic nitrogens is 2. The zero-order valence-electron chi connectivity index (χ0n) is 14.1. The van der Waals surface area contributed by atoms with Crippen molar-refractivity contribution in [3.05, 3.63) is 59.9 Å². The van der Waals surface area contributed by atoms with E-state index >= 15 is 0 Å². The lowest BCUT2D eigenvalue weighted by Gasteiger charge is -2.18. The number of halogens is 1. The number of imidazole rings is 1. The van der Waals surface area contributed by atoms with E-state index in [-0.39, 0.29) is 17.8 Å². The van der Waals surface area contributed by atoms with E-state index in [4.69, 9.17) is 16.3 Å². The molecule has 6 nitrogen and oxygen atoms in total. The molecule has 0 spiro atoms. The van der Waals surface area contributed by atoms with Gasteiger partial charge in [0.1, 0.15) is 23.5 Å². The molecule has 2 aromatic carbocycles. The molecule has 0 aliphatic carbocycles. The third kappa shape index (κ3) is 2.93. The third-order valence-electron chi connectivity index (χ3n) is 4.43. The van der Waals surface area contributed by atoms with Crippen LogP contribution in [0.1, 0.15) is 23.9 Å². The Labute approximate surface area is 155 Å². The molecule has 1 aromatic heterocycles. The van der Waals surface area contributed by atoms with Gasteiger partial charge in [-0.25, -0.2) is 9.99 Å². The number of para-hydroxylation sites is 2. The normalized spacial score (nSPS) is 16.8. The Kier molecular flexibility index (Phi) is 4.34. The number of rotatable bonds is 4. The second-order valence-electron chi connectivity index (χ2n) is 6.01. The monoisotopic (exact) mass is 368 g/mol. The molecule has 1 amide bonds. The maximum atomic E-state index is 12.3. The van der Waals surface area contributed by atoms with Gasteiger partial charge in [0.15, 0.2) is 0 Å². The number of hydrogen-bond donors (Lipinski definition) is 1. The van der Waals surface area contributed by atoms with Gasteiger partial charge >= 0.3 is 0 Å². The number of carbonyl (C=O) groups is 1. The predicted octanol–water partition coefficient (Wildman–Crippen LogP) is 3.49. The van der Waals surface area contributed by atoms with E-state index < -0.39 is 0 Å². The number of ether oxygens (including phenoxy) is 1. The summed E-state index contributed by atoms with van der Waals surface area (Å²) in [5, 5.41) is 5.96. The minimum absolute atomic E-state index is 0.129. The highest BCUT2D eigenvalue weighted by Gasteiger charge is 2.34. The molecule has 1 aliphatic heterocycles. The van der Waals surface area contributed by atoms with Gasteiger partial charge in [0, 0.05) is 6.42 Å². The highest BCUT2D eigenvalue weighted by atomic mass is 35.5. The first kappa shape index (κ1) is 16.6. The molecule has 0 unspecified atom stereocenters. The van der Waals surface area contributed by atoms with Gasteiger partial charge in [-0.3, -0.25) is 4.79 Å². The van der Waals surface area contributed by atoms with Crippen molar-refractivity contribution in [3.63, 3.8) is 0 Å². The van der Waals surface area contributed by atoms with Crippen molar-refractivity contribution < 1.29 is 9.53 Å². The van der Waals surface area contributed by atoms with Crippen LogP contribution in [-0.4, -0.2) is 39.6 Å². The van der Waals surface area contributed by atoms with Gasteiger partial charge in [-0.2, -0.15) is 5.10 Å². The number of aromatic amines is 1. The van der Waals surface area contributed by atoms with Gasteiger partial charge < -0.3 is 9.72 Å². The van der Waals surface area contributed by atoms with Crippen LogP contribution < -0.4 is 4.74 Å². The predicted molar refractivity (Wildman–Crippen MR) is 101 cm³/mol. The van der Waals surface area contributed by atoms with Crippen LogP contribution in [0, 0.1) is 0 Å². The number of amides is 1. The first-order valence-corrected chi connectivity index (χ1v) is 8.77. The van der Waals surface area contributed by atoms with Gasteiger partial charge in [0.2, 0.25) is 0 Å². The second kappa shape index (κ2) is 6.80. The number of methoxy groups -OCH3 is 1. The largest absolute Gasteiger partial charge is 0.497 e. The summed E-state index contributed by atoms with van der Waals surface area (Å²) in [7, 11) is 1.63. The van der Waals surface area contributed by atoms with Crippen LogP contribution in [0.5, 0.6) is 5.75 Å². The standard InChI is InChI=1S/C19H17ClN4O2/c1-26-13-8-6-12(7-9-13)16-10-17(24(23-16)18(25)11-20)19-21-14-4-2-3-5-15(14)22-19/h2-9,17H,10-11H2,1H3,(H,21,22)/t17-/m0/s1. The Morgan fingerprint density at radius 1 is 1.27 bits per heavy atom. The molecule has 0 radical (unpaired) electrons. The van der Waals surface area contributed by atoms with Crippen molar-refractivity contribution in [2.45, 2.75) is 12.5 Å². The van der Waals surface area contributed by atoms with Crippen molar-refractivity contribution >= 4 is 34.3 Å². The van der Waals surface area contributed by atoms with Crippen molar-refractivity contribution in [2.24, 2.45) is 5.10 Å². The molecular formula is C19H17ClN4O2. The first-order valence-electron chi connectivity index (χ1n) is 8.24. The van der Waals surface area contributed by atoms with Crippen LogP contribution >= 0.6 is 11.6 Å². The summed E-state index contributed by atoms with van der Waals surface area (Å²) in [6.45, 7) is 0.